The second kappa shape index (κ2) is 5.67. The van der Waals surface area contributed by atoms with Gasteiger partial charge in [0.05, 0.1) is 0 Å². The monoisotopic (exact) mass is 259 g/mol. The van der Waals surface area contributed by atoms with E-state index in [0.29, 0.717) is 24.4 Å². The first-order chi connectivity index (χ1) is 8.74. The first-order valence-electron chi connectivity index (χ1n) is 5.62. The summed E-state index contributed by atoms with van der Waals surface area (Å²) in [4.78, 5) is 11.6. The van der Waals surface area contributed by atoms with Gasteiger partial charge in [-0.05, 0) is 17.0 Å². The van der Waals surface area contributed by atoms with E-state index in [0.717, 1.165) is 15.6 Å². The quantitative estimate of drug-likeness (QED) is 0.641. The Hall–Kier alpha value is -1.83. The highest BCUT2D eigenvalue weighted by molar-refractivity contribution is 7.21. The average molecular weight is 259 g/mol. The van der Waals surface area contributed by atoms with Gasteiger partial charge in [-0.2, -0.15) is 0 Å². The second-order valence-corrected chi connectivity index (χ2v) is 4.89. The Kier molecular flexibility index (Phi) is 3.98. The molecule has 0 saturated heterocycles. The Morgan fingerprint density at radius 1 is 1.44 bits per heavy atom. The third-order valence-corrected chi connectivity index (χ3v) is 3.84. The highest BCUT2D eigenvalue weighted by Crippen LogP contribution is 2.31. The molecule has 1 aromatic carbocycles. The van der Waals surface area contributed by atoms with E-state index < -0.39 is 5.97 Å². The lowest BCUT2D eigenvalue weighted by atomic mass is 10.1. The predicted octanol–water partition coefficient (Wildman–Crippen LogP) is 2.71. The van der Waals surface area contributed by atoms with Gasteiger partial charge in [0.1, 0.15) is 4.88 Å². The van der Waals surface area contributed by atoms with Crippen LogP contribution in [0, 0.1) is 12.3 Å². The first-order valence-corrected chi connectivity index (χ1v) is 6.43. The number of fused-ring (bicyclic) bond motifs is 1. The van der Waals surface area contributed by atoms with Gasteiger partial charge in [-0.15, -0.1) is 23.7 Å². The van der Waals surface area contributed by atoms with Crippen LogP contribution in [0.15, 0.2) is 24.3 Å². The molecular formula is C14H13NO2S. The molecule has 0 saturated carbocycles. The fourth-order valence-electron chi connectivity index (χ4n) is 1.82. The minimum Gasteiger partial charge on any atom is -0.477 e. The van der Waals surface area contributed by atoms with Crippen LogP contribution < -0.4 is 5.32 Å². The number of hydrogen-bond donors (Lipinski definition) is 2. The zero-order valence-corrected chi connectivity index (χ0v) is 10.6. The average Bonchev–Trinajstić information content (AvgIpc) is 2.74. The van der Waals surface area contributed by atoms with Crippen molar-refractivity contribution in [1.29, 1.82) is 0 Å². The number of hydrogen-bond acceptors (Lipinski definition) is 3. The number of aromatic carboxylic acids is 1. The molecule has 0 fully saturated rings. The van der Waals surface area contributed by atoms with Gasteiger partial charge in [0.2, 0.25) is 0 Å². The lowest BCUT2D eigenvalue weighted by Gasteiger charge is -2.03. The fraction of sp³-hybridized carbons (Fsp3) is 0.214. The molecule has 0 aliphatic rings. The number of terminal acetylenes is 1. The van der Waals surface area contributed by atoms with Gasteiger partial charge >= 0.3 is 5.97 Å². The fourth-order valence-corrected chi connectivity index (χ4v) is 2.88. The number of rotatable bonds is 5. The van der Waals surface area contributed by atoms with E-state index in [2.05, 4.69) is 11.2 Å². The van der Waals surface area contributed by atoms with E-state index >= 15 is 0 Å². The van der Waals surface area contributed by atoms with E-state index in [1.807, 2.05) is 24.3 Å². The zero-order valence-electron chi connectivity index (χ0n) is 9.77. The van der Waals surface area contributed by atoms with E-state index in [9.17, 15) is 9.90 Å². The van der Waals surface area contributed by atoms with Gasteiger partial charge in [0, 0.05) is 24.2 Å². The van der Waals surface area contributed by atoms with Crippen molar-refractivity contribution in [2.75, 3.05) is 6.54 Å². The largest absolute Gasteiger partial charge is 0.477 e. The molecular weight excluding hydrogens is 246 g/mol. The Balaban J connectivity index is 2.31. The SMILES string of the molecule is C#CCCNCc1c(C(=O)O)sc2ccccc12. The van der Waals surface area contributed by atoms with Crippen LogP contribution in [0.3, 0.4) is 0 Å². The minimum absolute atomic E-state index is 0.407. The summed E-state index contributed by atoms with van der Waals surface area (Å²) < 4.78 is 1.00. The summed E-state index contributed by atoms with van der Waals surface area (Å²) in [5, 5.41) is 13.4. The van der Waals surface area contributed by atoms with Crippen molar-refractivity contribution in [2.45, 2.75) is 13.0 Å². The molecule has 0 aliphatic carbocycles. The molecule has 2 rings (SSSR count). The summed E-state index contributed by atoms with van der Waals surface area (Å²) in [7, 11) is 0. The standard InChI is InChI=1S/C14H13NO2S/c1-2-3-8-15-9-11-10-6-4-5-7-12(10)18-13(11)14(16)17/h1,4-7,15H,3,8-9H2,(H,16,17). The summed E-state index contributed by atoms with van der Waals surface area (Å²) in [6.07, 6.45) is 5.82. The van der Waals surface area contributed by atoms with Gasteiger partial charge in [0.25, 0.3) is 0 Å². The molecule has 18 heavy (non-hydrogen) atoms. The van der Waals surface area contributed by atoms with Gasteiger partial charge < -0.3 is 10.4 Å². The molecule has 3 nitrogen and oxygen atoms in total. The normalized spacial score (nSPS) is 10.4. The molecule has 0 spiro atoms. The highest BCUT2D eigenvalue weighted by Gasteiger charge is 2.16. The number of carboxylic acids is 1. The number of nitrogens with one attached hydrogen (secondary N) is 1. The Bertz CT molecular complexity index is 610. The Morgan fingerprint density at radius 2 is 2.22 bits per heavy atom. The van der Waals surface area contributed by atoms with Crippen LogP contribution in [-0.2, 0) is 6.54 Å². The van der Waals surface area contributed by atoms with Crippen LogP contribution in [0.4, 0.5) is 0 Å². The van der Waals surface area contributed by atoms with E-state index in [-0.39, 0.29) is 0 Å². The van der Waals surface area contributed by atoms with E-state index in [1.165, 1.54) is 11.3 Å². The molecule has 0 bridgehead atoms. The summed E-state index contributed by atoms with van der Waals surface area (Å²) >= 11 is 1.32. The molecule has 0 radical (unpaired) electrons. The Morgan fingerprint density at radius 3 is 2.94 bits per heavy atom. The van der Waals surface area contributed by atoms with Gasteiger partial charge in [0.15, 0.2) is 0 Å². The summed E-state index contributed by atoms with van der Waals surface area (Å²) in [5.74, 6) is 1.68. The van der Waals surface area contributed by atoms with Crippen molar-refractivity contribution in [3.8, 4) is 12.3 Å². The van der Waals surface area contributed by atoms with Crippen molar-refractivity contribution in [3.63, 3.8) is 0 Å². The summed E-state index contributed by atoms with van der Waals surface area (Å²) in [5.41, 5.74) is 0.847. The lowest BCUT2D eigenvalue weighted by Crippen LogP contribution is -2.15. The first kappa shape index (κ1) is 12.6. The molecule has 0 atom stereocenters. The van der Waals surface area contributed by atoms with Crippen molar-refractivity contribution in [1.82, 2.24) is 5.32 Å². The third-order valence-electron chi connectivity index (χ3n) is 2.64. The van der Waals surface area contributed by atoms with Gasteiger partial charge in [-0.1, -0.05) is 18.2 Å². The van der Waals surface area contributed by atoms with E-state index in [4.69, 9.17) is 6.42 Å². The maximum Gasteiger partial charge on any atom is 0.346 e. The highest BCUT2D eigenvalue weighted by atomic mass is 32.1. The smallest absolute Gasteiger partial charge is 0.346 e. The number of carboxylic acid groups (broad SMARTS) is 1. The number of benzene rings is 1. The second-order valence-electron chi connectivity index (χ2n) is 3.84. The maximum absolute atomic E-state index is 11.2. The van der Waals surface area contributed by atoms with Gasteiger partial charge in [-0.3, -0.25) is 0 Å². The van der Waals surface area contributed by atoms with Gasteiger partial charge in [-0.25, -0.2) is 4.79 Å². The molecule has 2 N–H and O–H groups in total. The molecule has 4 heteroatoms. The molecule has 0 unspecified atom stereocenters. The molecule has 1 heterocycles. The van der Waals surface area contributed by atoms with Crippen molar-refractivity contribution in [2.24, 2.45) is 0 Å². The van der Waals surface area contributed by atoms with Crippen molar-refractivity contribution < 1.29 is 9.90 Å². The molecule has 92 valence electrons. The van der Waals surface area contributed by atoms with Crippen LogP contribution in [-0.4, -0.2) is 17.6 Å². The van der Waals surface area contributed by atoms with Crippen LogP contribution in [0.5, 0.6) is 0 Å². The molecule has 0 aliphatic heterocycles. The molecule has 1 aromatic heterocycles. The Labute approximate surface area is 109 Å². The zero-order chi connectivity index (χ0) is 13.0. The van der Waals surface area contributed by atoms with Crippen molar-refractivity contribution >= 4 is 27.4 Å². The maximum atomic E-state index is 11.2. The van der Waals surface area contributed by atoms with Crippen LogP contribution in [0.1, 0.15) is 21.7 Å². The molecule has 2 aromatic rings. The third kappa shape index (κ3) is 2.53. The number of thiophene rings is 1. The summed E-state index contributed by atoms with van der Waals surface area (Å²) in [6.45, 7) is 1.23. The molecule has 0 amide bonds. The van der Waals surface area contributed by atoms with Crippen molar-refractivity contribution in [3.05, 3.63) is 34.7 Å². The number of carbonyl (C=O) groups is 1. The van der Waals surface area contributed by atoms with Crippen LogP contribution in [0.25, 0.3) is 10.1 Å². The summed E-state index contributed by atoms with van der Waals surface area (Å²) in [6, 6.07) is 7.74. The topological polar surface area (TPSA) is 49.3 Å². The van der Waals surface area contributed by atoms with E-state index in [1.54, 1.807) is 0 Å². The lowest BCUT2D eigenvalue weighted by molar-refractivity contribution is 0.0701. The van der Waals surface area contributed by atoms with Crippen LogP contribution in [0.2, 0.25) is 0 Å². The van der Waals surface area contributed by atoms with Crippen LogP contribution >= 0.6 is 11.3 Å². The minimum atomic E-state index is -0.870. The predicted molar refractivity (Wildman–Crippen MR) is 73.9 cm³/mol.